The monoisotopic (exact) mass is 459 g/mol. The highest BCUT2D eigenvalue weighted by Gasteiger charge is 2.29. The number of carboxylic acids is 1. The number of rotatable bonds is 7. The Labute approximate surface area is 196 Å². The first-order valence-corrected chi connectivity index (χ1v) is 12.1. The molecule has 3 fully saturated rings. The summed E-state index contributed by atoms with van der Waals surface area (Å²) >= 11 is 0. The molecule has 0 aliphatic carbocycles. The van der Waals surface area contributed by atoms with Gasteiger partial charge in [0.1, 0.15) is 0 Å². The smallest absolute Gasteiger partial charge is 0.317 e. The van der Waals surface area contributed by atoms with E-state index >= 15 is 0 Å². The lowest BCUT2D eigenvalue weighted by atomic mass is 10.0. The Morgan fingerprint density at radius 2 is 1.82 bits per heavy atom. The standard InChI is InChI=1S/C24H37N5O4/c1-18-14-29(15-19(2)32-18)25-13-20-4-6-21(7-5-20)23-12-22(33-26-23)16-27-8-3-9-28(11-10-27)17-24(30)31/h4-7,13,18-19,22-23,26H,3,8-12,14-17H2,1-2H3,(H,30,31). The van der Waals surface area contributed by atoms with Gasteiger partial charge in [0.15, 0.2) is 0 Å². The molecule has 0 spiro atoms. The summed E-state index contributed by atoms with van der Waals surface area (Å²) in [5.74, 6) is -0.753. The van der Waals surface area contributed by atoms with Crippen LogP contribution < -0.4 is 5.48 Å². The highest BCUT2D eigenvalue weighted by molar-refractivity contribution is 5.79. The molecule has 0 bridgehead atoms. The van der Waals surface area contributed by atoms with E-state index in [-0.39, 0.29) is 30.9 Å². The average molecular weight is 460 g/mol. The van der Waals surface area contributed by atoms with Gasteiger partial charge in [-0.2, -0.15) is 10.6 Å². The predicted octanol–water partition coefficient (Wildman–Crippen LogP) is 1.56. The van der Waals surface area contributed by atoms with E-state index in [2.05, 4.69) is 58.6 Å². The number of ether oxygens (including phenoxy) is 1. The molecule has 33 heavy (non-hydrogen) atoms. The second-order valence-electron chi connectivity index (χ2n) is 9.51. The summed E-state index contributed by atoms with van der Waals surface area (Å²) in [5.41, 5.74) is 5.50. The van der Waals surface area contributed by atoms with E-state index < -0.39 is 5.97 Å². The Kier molecular flexibility index (Phi) is 8.32. The fourth-order valence-electron chi connectivity index (χ4n) is 4.91. The largest absolute Gasteiger partial charge is 0.480 e. The molecule has 9 nitrogen and oxygen atoms in total. The van der Waals surface area contributed by atoms with Crippen LogP contribution in [0.1, 0.15) is 43.9 Å². The highest BCUT2D eigenvalue weighted by atomic mass is 16.7. The summed E-state index contributed by atoms with van der Waals surface area (Å²) in [7, 11) is 0. The number of morpholine rings is 1. The van der Waals surface area contributed by atoms with Crippen molar-refractivity contribution in [1.29, 1.82) is 0 Å². The number of hydrazone groups is 1. The molecular weight excluding hydrogens is 422 g/mol. The normalized spacial score (nSPS) is 30.1. The van der Waals surface area contributed by atoms with Crippen molar-refractivity contribution in [2.75, 3.05) is 52.4 Å². The molecule has 4 atom stereocenters. The van der Waals surface area contributed by atoms with Gasteiger partial charge in [-0.05, 0) is 44.4 Å². The average Bonchev–Trinajstić information content (AvgIpc) is 3.12. The molecular formula is C24H37N5O4. The van der Waals surface area contributed by atoms with E-state index in [4.69, 9.17) is 14.7 Å². The molecule has 0 saturated carbocycles. The minimum atomic E-state index is -0.753. The van der Waals surface area contributed by atoms with Gasteiger partial charge in [0.2, 0.25) is 0 Å². The fraction of sp³-hybridized carbons (Fsp3) is 0.667. The van der Waals surface area contributed by atoms with Crippen LogP contribution in [-0.2, 0) is 14.4 Å². The minimum absolute atomic E-state index is 0.128. The van der Waals surface area contributed by atoms with E-state index in [9.17, 15) is 4.79 Å². The molecule has 1 aromatic carbocycles. The molecule has 0 aromatic heterocycles. The molecule has 182 valence electrons. The summed E-state index contributed by atoms with van der Waals surface area (Å²) in [6.07, 6.45) is 4.37. The summed E-state index contributed by atoms with van der Waals surface area (Å²) in [6, 6.07) is 8.67. The summed E-state index contributed by atoms with van der Waals surface area (Å²) < 4.78 is 5.76. The zero-order chi connectivity index (χ0) is 23.2. The van der Waals surface area contributed by atoms with Crippen LogP contribution in [0.2, 0.25) is 0 Å². The summed E-state index contributed by atoms with van der Waals surface area (Å²) in [6.45, 7) is 10.3. The van der Waals surface area contributed by atoms with Gasteiger partial charge in [-0.15, -0.1) is 0 Å². The van der Waals surface area contributed by atoms with Crippen LogP contribution in [0.3, 0.4) is 0 Å². The first-order valence-electron chi connectivity index (χ1n) is 12.1. The van der Waals surface area contributed by atoms with Crippen molar-refractivity contribution < 1.29 is 19.5 Å². The van der Waals surface area contributed by atoms with Crippen LogP contribution in [-0.4, -0.2) is 103 Å². The minimum Gasteiger partial charge on any atom is -0.480 e. The number of carbonyl (C=O) groups is 1. The van der Waals surface area contributed by atoms with Gasteiger partial charge in [-0.1, -0.05) is 24.3 Å². The van der Waals surface area contributed by atoms with Gasteiger partial charge in [0.25, 0.3) is 0 Å². The van der Waals surface area contributed by atoms with E-state index in [0.717, 1.165) is 64.2 Å². The lowest BCUT2D eigenvalue weighted by Crippen LogP contribution is -2.42. The zero-order valence-electron chi connectivity index (χ0n) is 19.7. The van der Waals surface area contributed by atoms with Crippen LogP contribution in [0.4, 0.5) is 0 Å². The molecule has 1 aromatic rings. The molecule has 4 rings (SSSR count). The van der Waals surface area contributed by atoms with E-state index in [1.165, 1.54) is 5.56 Å². The maximum Gasteiger partial charge on any atom is 0.317 e. The lowest BCUT2D eigenvalue weighted by molar-refractivity contribution is -0.138. The Morgan fingerprint density at radius 1 is 1.12 bits per heavy atom. The first kappa shape index (κ1) is 24.1. The number of carboxylic acid groups (broad SMARTS) is 1. The van der Waals surface area contributed by atoms with E-state index in [0.29, 0.717) is 0 Å². The molecule has 3 aliphatic heterocycles. The van der Waals surface area contributed by atoms with Gasteiger partial charge >= 0.3 is 5.97 Å². The quantitative estimate of drug-likeness (QED) is 0.594. The third-order valence-electron chi connectivity index (χ3n) is 6.49. The van der Waals surface area contributed by atoms with Crippen molar-refractivity contribution in [3.05, 3.63) is 35.4 Å². The Bertz CT molecular complexity index is 795. The van der Waals surface area contributed by atoms with Gasteiger partial charge in [-0.3, -0.25) is 24.4 Å². The molecule has 0 amide bonds. The molecule has 2 N–H and O–H groups in total. The third-order valence-corrected chi connectivity index (χ3v) is 6.49. The van der Waals surface area contributed by atoms with Gasteiger partial charge in [-0.25, -0.2) is 0 Å². The number of nitrogens with one attached hydrogen (secondary N) is 1. The van der Waals surface area contributed by atoms with Crippen molar-refractivity contribution in [1.82, 2.24) is 20.3 Å². The van der Waals surface area contributed by atoms with Gasteiger partial charge in [0.05, 0.1) is 50.2 Å². The van der Waals surface area contributed by atoms with E-state index in [1.54, 1.807) is 0 Å². The highest BCUT2D eigenvalue weighted by Crippen LogP contribution is 2.26. The number of hydroxylamine groups is 1. The van der Waals surface area contributed by atoms with Crippen LogP contribution in [0.25, 0.3) is 0 Å². The number of hydrogen-bond donors (Lipinski definition) is 2. The van der Waals surface area contributed by atoms with E-state index in [1.807, 2.05) is 11.1 Å². The Hall–Kier alpha value is -2.04. The van der Waals surface area contributed by atoms with Crippen molar-refractivity contribution in [2.24, 2.45) is 5.10 Å². The topological polar surface area (TPSA) is 89.9 Å². The Balaban J connectivity index is 1.24. The van der Waals surface area contributed by atoms with Gasteiger partial charge in [0, 0.05) is 26.2 Å². The molecule has 4 unspecified atom stereocenters. The second kappa shape index (κ2) is 11.4. The van der Waals surface area contributed by atoms with Crippen LogP contribution in [0.5, 0.6) is 0 Å². The summed E-state index contributed by atoms with van der Waals surface area (Å²) in [4.78, 5) is 21.3. The van der Waals surface area contributed by atoms with Crippen molar-refractivity contribution in [3.63, 3.8) is 0 Å². The molecule has 3 saturated heterocycles. The number of aliphatic carboxylic acids is 1. The second-order valence-corrected chi connectivity index (χ2v) is 9.51. The molecule has 9 heteroatoms. The van der Waals surface area contributed by atoms with Crippen LogP contribution >= 0.6 is 0 Å². The molecule has 3 heterocycles. The van der Waals surface area contributed by atoms with Crippen LogP contribution in [0, 0.1) is 0 Å². The lowest BCUT2D eigenvalue weighted by Gasteiger charge is -2.33. The van der Waals surface area contributed by atoms with Crippen molar-refractivity contribution in [2.45, 2.75) is 51.0 Å². The van der Waals surface area contributed by atoms with Crippen LogP contribution in [0.15, 0.2) is 29.4 Å². The first-order chi connectivity index (χ1) is 15.9. The van der Waals surface area contributed by atoms with Crippen molar-refractivity contribution in [3.8, 4) is 0 Å². The number of hydrogen-bond acceptors (Lipinski definition) is 8. The maximum atomic E-state index is 11.0. The molecule has 0 radical (unpaired) electrons. The fourth-order valence-corrected chi connectivity index (χ4v) is 4.91. The number of nitrogens with zero attached hydrogens (tertiary/aromatic N) is 4. The Morgan fingerprint density at radius 3 is 2.55 bits per heavy atom. The van der Waals surface area contributed by atoms with Crippen molar-refractivity contribution >= 4 is 12.2 Å². The number of benzene rings is 1. The molecule has 3 aliphatic rings. The van der Waals surface area contributed by atoms with Gasteiger partial charge < -0.3 is 9.84 Å². The SMILES string of the molecule is CC1CN(N=Cc2ccc(C3CC(CN4CCCN(CC(=O)O)CC4)ON3)cc2)CC(C)O1. The summed E-state index contributed by atoms with van der Waals surface area (Å²) in [5, 5.41) is 15.7. The maximum absolute atomic E-state index is 11.0. The zero-order valence-corrected chi connectivity index (χ0v) is 19.7. The third kappa shape index (κ3) is 7.22. The predicted molar refractivity (Wildman–Crippen MR) is 126 cm³/mol.